The van der Waals surface area contributed by atoms with E-state index >= 15 is 0 Å². The molecule has 0 radical (unpaired) electrons. The lowest BCUT2D eigenvalue weighted by molar-refractivity contribution is -0.135. The molecule has 0 bridgehead atoms. The van der Waals surface area contributed by atoms with Gasteiger partial charge in [-0.05, 0) is 24.3 Å². The Balaban J connectivity index is 2.12. The topological polar surface area (TPSA) is 175 Å². The Morgan fingerprint density at radius 3 is 0.875 bits per heavy atom. The summed E-state index contributed by atoms with van der Waals surface area (Å²) in [6.45, 7) is 0. The first kappa shape index (κ1) is 23.5. The summed E-state index contributed by atoms with van der Waals surface area (Å²) in [7, 11) is 2.57. The highest BCUT2D eigenvalue weighted by Crippen LogP contribution is 2.23. The van der Waals surface area contributed by atoms with E-state index in [0.717, 1.165) is 0 Å². The second kappa shape index (κ2) is 10.9. The van der Waals surface area contributed by atoms with Crippen LogP contribution in [0.5, 0.6) is 0 Å². The van der Waals surface area contributed by atoms with Gasteiger partial charge in [0, 0.05) is 14.1 Å². The minimum absolute atomic E-state index is 0.0751. The van der Waals surface area contributed by atoms with Crippen molar-refractivity contribution in [3.63, 3.8) is 0 Å². The van der Waals surface area contributed by atoms with Crippen molar-refractivity contribution in [3.05, 3.63) is 48.5 Å². The maximum atomic E-state index is 12.4. The number of para-hydroxylation sites is 4. The molecule has 0 atom stereocenters. The third-order valence-corrected chi connectivity index (χ3v) is 3.92. The number of benzene rings is 2. The lowest BCUT2D eigenvalue weighted by Gasteiger charge is -2.13. The second-order valence-electron chi connectivity index (χ2n) is 6.07. The number of anilines is 4. The number of nitrogens with one attached hydrogen (secondary N) is 6. The molecule has 0 heterocycles. The second-order valence-corrected chi connectivity index (χ2v) is 6.07. The van der Waals surface area contributed by atoms with Crippen LogP contribution in [0.2, 0.25) is 0 Å². The zero-order valence-electron chi connectivity index (χ0n) is 17.1. The van der Waals surface area contributed by atoms with Gasteiger partial charge in [-0.3, -0.25) is 28.8 Å². The van der Waals surface area contributed by atoms with Crippen LogP contribution < -0.4 is 31.9 Å². The summed E-state index contributed by atoms with van der Waals surface area (Å²) in [4.78, 5) is 71.1. The Bertz CT molecular complexity index is 998. The first-order valence-electron chi connectivity index (χ1n) is 9.13. The number of carbonyl (C=O) groups excluding carboxylic acids is 6. The van der Waals surface area contributed by atoms with Crippen LogP contribution in [0.15, 0.2) is 48.5 Å². The fourth-order valence-electron chi connectivity index (χ4n) is 2.35. The Morgan fingerprint density at radius 2 is 0.656 bits per heavy atom. The van der Waals surface area contributed by atoms with Crippen LogP contribution in [0.4, 0.5) is 22.7 Å². The van der Waals surface area contributed by atoms with Gasteiger partial charge >= 0.3 is 35.4 Å². The highest BCUT2D eigenvalue weighted by atomic mass is 16.2. The third kappa shape index (κ3) is 6.13. The van der Waals surface area contributed by atoms with Crippen molar-refractivity contribution in [1.29, 1.82) is 0 Å². The number of rotatable bonds is 4. The fourth-order valence-corrected chi connectivity index (χ4v) is 2.35. The molecule has 0 aromatic heterocycles. The Hall–Kier alpha value is -4.74. The molecular formula is C20H20N6O6. The van der Waals surface area contributed by atoms with Gasteiger partial charge in [0.1, 0.15) is 0 Å². The summed E-state index contributed by atoms with van der Waals surface area (Å²) >= 11 is 0. The summed E-state index contributed by atoms with van der Waals surface area (Å²) in [5.74, 6) is -5.87. The van der Waals surface area contributed by atoms with Crippen LogP contribution in [0.25, 0.3) is 0 Å². The molecule has 0 unspecified atom stereocenters. The van der Waals surface area contributed by atoms with E-state index in [2.05, 4.69) is 31.9 Å². The molecule has 0 aliphatic carbocycles. The van der Waals surface area contributed by atoms with Gasteiger partial charge in [-0.25, -0.2) is 0 Å². The van der Waals surface area contributed by atoms with Crippen molar-refractivity contribution < 1.29 is 28.8 Å². The van der Waals surface area contributed by atoms with Crippen molar-refractivity contribution in [2.24, 2.45) is 0 Å². The van der Waals surface area contributed by atoms with Crippen LogP contribution in [0, 0.1) is 0 Å². The lowest BCUT2D eigenvalue weighted by atomic mass is 10.2. The first-order valence-corrected chi connectivity index (χ1v) is 9.13. The van der Waals surface area contributed by atoms with E-state index in [9.17, 15) is 28.8 Å². The summed E-state index contributed by atoms with van der Waals surface area (Å²) < 4.78 is 0. The Morgan fingerprint density at radius 1 is 0.438 bits per heavy atom. The molecule has 6 N–H and O–H groups in total. The molecule has 0 fully saturated rings. The first-order chi connectivity index (χ1) is 15.3. The highest BCUT2D eigenvalue weighted by Gasteiger charge is 2.20. The summed E-state index contributed by atoms with van der Waals surface area (Å²) in [6, 6.07) is 11.9. The number of amides is 6. The normalized spacial score (nSPS) is 9.69. The van der Waals surface area contributed by atoms with Gasteiger partial charge in [-0.1, -0.05) is 24.3 Å². The average Bonchev–Trinajstić information content (AvgIpc) is 2.80. The predicted molar refractivity (Wildman–Crippen MR) is 116 cm³/mol. The smallest absolute Gasteiger partial charge is 0.314 e. The van der Waals surface area contributed by atoms with Gasteiger partial charge < -0.3 is 31.9 Å². The molecule has 0 saturated heterocycles. The van der Waals surface area contributed by atoms with Gasteiger partial charge in [0.2, 0.25) is 0 Å². The Kier molecular flexibility index (Phi) is 8.00. The molecule has 2 aromatic carbocycles. The fraction of sp³-hybridized carbons (Fsp3) is 0.100. The number of hydrogen-bond acceptors (Lipinski definition) is 6. The largest absolute Gasteiger partial charge is 0.351 e. The number of hydrogen-bond donors (Lipinski definition) is 6. The number of carbonyl (C=O) groups is 6. The number of likely N-dealkylation sites (N-methyl/N-ethyl adjacent to an activating group) is 2. The van der Waals surface area contributed by atoms with Crippen molar-refractivity contribution in [1.82, 2.24) is 10.6 Å². The van der Waals surface area contributed by atoms with E-state index in [4.69, 9.17) is 0 Å². The van der Waals surface area contributed by atoms with Gasteiger partial charge in [-0.2, -0.15) is 0 Å². The SMILES string of the molecule is CNC(=O)C(=O)Nc1ccccc1NC(=O)C(=O)Nc1ccccc1NC(=O)C(=O)NC. The molecule has 0 saturated carbocycles. The molecule has 0 aliphatic heterocycles. The van der Waals surface area contributed by atoms with Gasteiger partial charge in [-0.15, -0.1) is 0 Å². The van der Waals surface area contributed by atoms with E-state index in [-0.39, 0.29) is 22.7 Å². The quantitative estimate of drug-likeness (QED) is 0.354. The van der Waals surface area contributed by atoms with Crippen molar-refractivity contribution in [2.75, 3.05) is 35.4 Å². The zero-order chi connectivity index (χ0) is 23.7. The molecule has 6 amide bonds. The standard InChI is InChI=1S/C20H20N6O6/c1-21-15(27)17(29)23-11-7-3-5-9-13(11)25-19(31)20(32)26-14-10-6-4-8-12(14)24-18(30)16(28)22-2/h3-10H,1-2H3,(H,21,27)(H,22,28)(H,23,29)(H,24,30)(H,25,31)(H,26,32). The van der Waals surface area contributed by atoms with Crippen LogP contribution in [0.1, 0.15) is 0 Å². The predicted octanol–water partition coefficient (Wildman–Crippen LogP) is -0.367. The van der Waals surface area contributed by atoms with Crippen molar-refractivity contribution in [2.45, 2.75) is 0 Å². The van der Waals surface area contributed by atoms with Gasteiger partial charge in [0.05, 0.1) is 22.7 Å². The van der Waals surface area contributed by atoms with Crippen molar-refractivity contribution in [3.8, 4) is 0 Å². The summed E-state index contributed by atoms with van der Waals surface area (Å²) in [6.07, 6.45) is 0. The summed E-state index contributed by atoms with van der Waals surface area (Å²) in [5, 5.41) is 13.6. The maximum Gasteiger partial charge on any atom is 0.314 e. The Labute approximate surface area is 182 Å². The third-order valence-electron chi connectivity index (χ3n) is 3.92. The van der Waals surface area contributed by atoms with Crippen LogP contribution in [0.3, 0.4) is 0 Å². The molecule has 2 aromatic rings. The molecular weight excluding hydrogens is 420 g/mol. The van der Waals surface area contributed by atoms with E-state index in [1.54, 1.807) is 24.3 Å². The molecule has 32 heavy (non-hydrogen) atoms. The molecule has 0 aliphatic rings. The van der Waals surface area contributed by atoms with E-state index in [0.29, 0.717) is 0 Å². The minimum atomic E-state index is -1.08. The van der Waals surface area contributed by atoms with Crippen molar-refractivity contribution >= 4 is 58.2 Å². The van der Waals surface area contributed by atoms with Gasteiger partial charge in [0.25, 0.3) is 0 Å². The maximum absolute atomic E-state index is 12.4. The van der Waals surface area contributed by atoms with Gasteiger partial charge in [0.15, 0.2) is 0 Å². The summed E-state index contributed by atoms with van der Waals surface area (Å²) in [5.41, 5.74) is 0.346. The van der Waals surface area contributed by atoms with E-state index in [1.165, 1.54) is 38.4 Å². The molecule has 2 rings (SSSR count). The monoisotopic (exact) mass is 440 g/mol. The molecule has 166 valence electrons. The zero-order valence-corrected chi connectivity index (χ0v) is 17.1. The molecule has 12 heteroatoms. The van der Waals surface area contributed by atoms with E-state index in [1.807, 2.05) is 0 Å². The average molecular weight is 440 g/mol. The van der Waals surface area contributed by atoms with Crippen LogP contribution >= 0.6 is 0 Å². The lowest BCUT2D eigenvalue weighted by Crippen LogP contribution is -2.34. The molecule has 12 nitrogen and oxygen atoms in total. The van der Waals surface area contributed by atoms with Crippen LogP contribution in [-0.4, -0.2) is 49.5 Å². The van der Waals surface area contributed by atoms with Crippen LogP contribution in [-0.2, 0) is 28.8 Å². The molecule has 0 spiro atoms. The highest BCUT2D eigenvalue weighted by molar-refractivity contribution is 6.45. The minimum Gasteiger partial charge on any atom is -0.351 e. The van der Waals surface area contributed by atoms with E-state index < -0.39 is 35.4 Å².